The molecule has 0 heterocycles. The minimum Gasteiger partial charge on any atom is -0.383 e. The summed E-state index contributed by atoms with van der Waals surface area (Å²) in [5, 5.41) is 3.02. The Morgan fingerprint density at radius 2 is 2.29 bits per heavy atom. The first kappa shape index (κ1) is 13.4. The fraction of sp³-hybridized carbons (Fsp3) is 0.889. The molecular weight excluding hydrogens is 182 g/mol. The van der Waals surface area contributed by atoms with Crippen LogP contribution in [-0.4, -0.2) is 57.8 Å². The molecule has 0 radical (unpaired) electrons. The first-order valence-corrected chi connectivity index (χ1v) is 4.77. The van der Waals surface area contributed by atoms with Gasteiger partial charge >= 0.3 is 0 Å². The second-order valence-electron chi connectivity index (χ2n) is 3.28. The van der Waals surface area contributed by atoms with Crippen LogP contribution in [0.2, 0.25) is 0 Å². The van der Waals surface area contributed by atoms with Crippen LogP contribution in [0.15, 0.2) is 0 Å². The van der Waals surface area contributed by atoms with Gasteiger partial charge < -0.3 is 20.7 Å². The summed E-state index contributed by atoms with van der Waals surface area (Å²) in [6.07, 6.45) is 0.929. The number of nitrogens with two attached hydrogens (primary N) is 1. The lowest BCUT2D eigenvalue weighted by atomic mass is 10.3. The number of methoxy groups -OCH3 is 1. The van der Waals surface area contributed by atoms with Gasteiger partial charge in [0.05, 0.1) is 6.61 Å². The zero-order valence-corrected chi connectivity index (χ0v) is 9.25. The molecule has 1 amide bonds. The topological polar surface area (TPSA) is 67.6 Å². The number of ether oxygens (including phenoxy) is 1. The lowest BCUT2D eigenvalue weighted by Gasteiger charge is -2.20. The summed E-state index contributed by atoms with van der Waals surface area (Å²) < 4.78 is 4.82. The summed E-state index contributed by atoms with van der Waals surface area (Å²) in [6.45, 7) is 1.89. The van der Waals surface area contributed by atoms with Crippen molar-refractivity contribution >= 4 is 5.91 Å². The predicted octanol–water partition coefficient (Wildman–Crippen LogP) is -0.972. The fourth-order valence-electron chi connectivity index (χ4n) is 1.14. The maximum atomic E-state index is 11.5. The standard InChI is InChI=1S/C9H21N3O2/c1-11-5-4-6-12(2)9(13)8(10)7-14-3/h8,11H,4-7,10H2,1-3H3. The van der Waals surface area contributed by atoms with Gasteiger partial charge in [0.15, 0.2) is 0 Å². The highest BCUT2D eigenvalue weighted by molar-refractivity contribution is 5.81. The van der Waals surface area contributed by atoms with Gasteiger partial charge in [-0.05, 0) is 20.0 Å². The molecule has 0 aliphatic rings. The summed E-state index contributed by atoms with van der Waals surface area (Å²) in [5.74, 6) is -0.0667. The number of likely N-dealkylation sites (N-methyl/N-ethyl adjacent to an activating group) is 1. The molecule has 5 heteroatoms. The van der Waals surface area contributed by atoms with Crippen LogP contribution in [-0.2, 0) is 9.53 Å². The molecule has 0 saturated carbocycles. The molecule has 0 aliphatic heterocycles. The van der Waals surface area contributed by atoms with Crippen LogP contribution < -0.4 is 11.1 Å². The van der Waals surface area contributed by atoms with Crippen molar-refractivity contribution < 1.29 is 9.53 Å². The molecule has 3 N–H and O–H groups in total. The Kier molecular flexibility index (Phi) is 7.37. The van der Waals surface area contributed by atoms with Crippen LogP contribution in [0.1, 0.15) is 6.42 Å². The lowest BCUT2D eigenvalue weighted by molar-refractivity contribution is -0.132. The zero-order chi connectivity index (χ0) is 11.0. The molecule has 0 spiro atoms. The van der Waals surface area contributed by atoms with Gasteiger partial charge in [-0.1, -0.05) is 0 Å². The molecule has 0 rings (SSSR count). The second kappa shape index (κ2) is 7.73. The molecule has 1 unspecified atom stereocenters. The number of nitrogens with zero attached hydrogens (tertiary/aromatic N) is 1. The van der Waals surface area contributed by atoms with E-state index in [1.165, 1.54) is 7.11 Å². The average Bonchev–Trinajstić information content (AvgIpc) is 2.17. The van der Waals surface area contributed by atoms with Gasteiger partial charge in [0, 0.05) is 20.7 Å². The van der Waals surface area contributed by atoms with E-state index in [9.17, 15) is 4.79 Å². The van der Waals surface area contributed by atoms with Crippen LogP contribution in [0.25, 0.3) is 0 Å². The summed E-state index contributed by atoms with van der Waals surface area (Å²) in [6, 6.07) is -0.542. The van der Waals surface area contributed by atoms with Crippen LogP contribution in [0.4, 0.5) is 0 Å². The largest absolute Gasteiger partial charge is 0.383 e. The summed E-state index contributed by atoms with van der Waals surface area (Å²) >= 11 is 0. The van der Waals surface area contributed by atoms with Gasteiger partial charge in [-0.25, -0.2) is 0 Å². The van der Waals surface area contributed by atoms with Gasteiger partial charge in [0.1, 0.15) is 6.04 Å². The van der Waals surface area contributed by atoms with E-state index in [1.54, 1.807) is 11.9 Å². The molecule has 0 saturated heterocycles. The SMILES string of the molecule is CNCCCN(C)C(=O)C(N)COC. The van der Waals surface area contributed by atoms with E-state index >= 15 is 0 Å². The quantitative estimate of drug-likeness (QED) is 0.522. The van der Waals surface area contributed by atoms with E-state index < -0.39 is 6.04 Å². The third-order valence-electron chi connectivity index (χ3n) is 1.96. The highest BCUT2D eigenvalue weighted by Gasteiger charge is 2.16. The molecule has 5 nitrogen and oxygen atoms in total. The van der Waals surface area contributed by atoms with Crippen LogP contribution >= 0.6 is 0 Å². The number of carbonyl (C=O) groups excluding carboxylic acids is 1. The van der Waals surface area contributed by atoms with Gasteiger partial charge in [-0.2, -0.15) is 0 Å². The van der Waals surface area contributed by atoms with Gasteiger partial charge in [0.25, 0.3) is 0 Å². The van der Waals surface area contributed by atoms with Crippen molar-refractivity contribution in [2.45, 2.75) is 12.5 Å². The average molecular weight is 203 g/mol. The summed E-state index contributed by atoms with van der Waals surface area (Å²) in [4.78, 5) is 13.2. The summed E-state index contributed by atoms with van der Waals surface area (Å²) in [5.41, 5.74) is 5.60. The van der Waals surface area contributed by atoms with E-state index in [0.29, 0.717) is 0 Å². The Bertz CT molecular complexity index is 164. The second-order valence-corrected chi connectivity index (χ2v) is 3.28. The number of amides is 1. The molecule has 1 atom stereocenters. The molecular formula is C9H21N3O2. The highest BCUT2D eigenvalue weighted by atomic mass is 16.5. The first-order chi connectivity index (χ1) is 6.63. The molecule has 84 valence electrons. The third-order valence-corrected chi connectivity index (χ3v) is 1.96. The minimum atomic E-state index is -0.542. The monoisotopic (exact) mass is 203 g/mol. The smallest absolute Gasteiger partial charge is 0.241 e. The van der Waals surface area contributed by atoms with Gasteiger partial charge in [0.2, 0.25) is 5.91 Å². The molecule has 0 aromatic carbocycles. The van der Waals surface area contributed by atoms with Crippen molar-refractivity contribution in [3.05, 3.63) is 0 Å². The number of nitrogens with one attached hydrogen (secondary N) is 1. The molecule has 14 heavy (non-hydrogen) atoms. The van der Waals surface area contributed by atoms with Crippen molar-refractivity contribution in [2.75, 3.05) is 40.9 Å². The van der Waals surface area contributed by atoms with E-state index in [0.717, 1.165) is 19.5 Å². The molecule has 0 fully saturated rings. The van der Waals surface area contributed by atoms with Crippen molar-refractivity contribution in [1.29, 1.82) is 0 Å². The van der Waals surface area contributed by atoms with Crippen LogP contribution in [0, 0.1) is 0 Å². The van der Waals surface area contributed by atoms with E-state index in [1.807, 2.05) is 7.05 Å². The van der Waals surface area contributed by atoms with Crippen molar-refractivity contribution in [1.82, 2.24) is 10.2 Å². The third kappa shape index (κ3) is 5.16. The zero-order valence-electron chi connectivity index (χ0n) is 9.25. The Morgan fingerprint density at radius 3 is 2.79 bits per heavy atom. The summed E-state index contributed by atoms with van der Waals surface area (Å²) in [7, 11) is 5.18. The normalized spacial score (nSPS) is 12.6. The maximum Gasteiger partial charge on any atom is 0.241 e. The van der Waals surface area contributed by atoms with Crippen LogP contribution in [0.3, 0.4) is 0 Å². The molecule has 0 aromatic heterocycles. The number of hydrogen-bond donors (Lipinski definition) is 2. The van der Waals surface area contributed by atoms with E-state index in [-0.39, 0.29) is 12.5 Å². The Labute approximate surface area is 85.6 Å². The van der Waals surface area contributed by atoms with Crippen molar-refractivity contribution in [3.8, 4) is 0 Å². The highest BCUT2D eigenvalue weighted by Crippen LogP contribution is 1.92. The molecule has 0 aliphatic carbocycles. The number of rotatable bonds is 7. The molecule has 0 aromatic rings. The van der Waals surface area contributed by atoms with Crippen molar-refractivity contribution in [2.24, 2.45) is 5.73 Å². The fourth-order valence-corrected chi connectivity index (χ4v) is 1.14. The lowest BCUT2D eigenvalue weighted by Crippen LogP contribution is -2.44. The van der Waals surface area contributed by atoms with E-state index in [2.05, 4.69) is 5.32 Å². The number of hydrogen-bond acceptors (Lipinski definition) is 4. The van der Waals surface area contributed by atoms with E-state index in [4.69, 9.17) is 10.5 Å². The maximum absolute atomic E-state index is 11.5. The Morgan fingerprint density at radius 1 is 1.64 bits per heavy atom. The first-order valence-electron chi connectivity index (χ1n) is 4.77. The Hall–Kier alpha value is -0.650. The predicted molar refractivity (Wildman–Crippen MR) is 56.0 cm³/mol. The van der Waals surface area contributed by atoms with Crippen LogP contribution in [0.5, 0.6) is 0 Å². The molecule has 0 bridgehead atoms. The van der Waals surface area contributed by atoms with Gasteiger partial charge in [-0.3, -0.25) is 4.79 Å². The van der Waals surface area contributed by atoms with Gasteiger partial charge in [-0.15, -0.1) is 0 Å². The number of carbonyl (C=O) groups is 1. The minimum absolute atomic E-state index is 0.0667. The Balaban J connectivity index is 3.74. The van der Waals surface area contributed by atoms with Crippen molar-refractivity contribution in [3.63, 3.8) is 0 Å².